The van der Waals surface area contributed by atoms with Crippen molar-refractivity contribution >= 4 is 35.5 Å². The minimum atomic E-state index is -1.22. The molecule has 10 N–H and O–H groups in total. The van der Waals surface area contributed by atoms with Crippen LogP contribution in [0.15, 0.2) is 29.3 Å². The maximum Gasteiger partial charge on any atom is 0.326 e. The van der Waals surface area contributed by atoms with Crippen molar-refractivity contribution in [2.45, 2.75) is 57.5 Å². The Morgan fingerprint density at radius 3 is 2.05 bits per heavy atom. The molecule has 0 saturated carbocycles. The van der Waals surface area contributed by atoms with Crippen molar-refractivity contribution in [2.24, 2.45) is 28.1 Å². The SMILES string of the molecule is CCCC[C@H](NC(=O)[C@H](Cc1ccc(C(=N)N)cc1)C(=O)N(C)C)C(=O)NC(CCCN=C(N)N)C(=O)O. The number of aliphatic carboxylic acids is 1. The highest BCUT2D eigenvalue weighted by atomic mass is 16.4. The highest BCUT2D eigenvalue weighted by Crippen LogP contribution is 2.14. The zero-order valence-electron chi connectivity index (χ0n) is 22.2. The molecule has 1 aromatic rings. The number of rotatable bonds is 16. The number of carbonyl (C=O) groups is 4. The monoisotopic (exact) mass is 532 g/mol. The molecule has 13 nitrogen and oxygen atoms in total. The lowest BCUT2D eigenvalue weighted by atomic mass is 9.95. The predicted octanol–water partition coefficient (Wildman–Crippen LogP) is -0.484. The van der Waals surface area contributed by atoms with Crippen LogP contribution in [0.5, 0.6) is 0 Å². The van der Waals surface area contributed by atoms with Crippen molar-refractivity contribution in [3.63, 3.8) is 0 Å². The van der Waals surface area contributed by atoms with Crippen LogP contribution in [0.4, 0.5) is 0 Å². The van der Waals surface area contributed by atoms with Gasteiger partial charge in [0.2, 0.25) is 17.7 Å². The third kappa shape index (κ3) is 10.8. The van der Waals surface area contributed by atoms with Gasteiger partial charge < -0.3 is 37.8 Å². The second kappa shape index (κ2) is 15.8. The molecule has 0 aliphatic carbocycles. The molecule has 0 fully saturated rings. The molecule has 0 saturated heterocycles. The van der Waals surface area contributed by atoms with E-state index in [1.54, 1.807) is 24.3 Å². The summed E-state index contributed by atoms with van der Waals surface area (Å²) in [6.07, 6.45) is 2.08. The van der Waals surface area contributed by atoms with Crippen molar-refractivity contribution in [2.75, 3.05) is 20.6 Å². The second-order valence-electron chi connectivity index (χ2n) is 9.15. The Morgan fingerprint density at radius 2 is 1.55 bits per heavy atom. The summed E-state index contributed by atoms with van der Waals surface area (Å²) in [7, 11) is 3.06. The molecular formula is C25H40N8O5. The van der Waals surface area contributed by atoms with Crippen LogP contribution in [0.2, 0.25) is 0 Å². The first-order chi connectivity index (χ1) is 17.9. The molecule has 38 heavy (non-hydrogen) atoms. The Labute approximate surface area is 222 Å². The molecule has 0 radical (unpaired) electrons. The number of amidine groups is 1. The fraction of sp³-hybridized carbons (Fsp3) is 0.520. The van der Waals surface area contributed by atoms with E-state index in [2.05, 4.69) is 15.6 Å². The van der Waals surface area contributed by atoms with Gasteiger partial charge in [-0.1, -0.05) is 44.0 Å². The maximum absolute atomic E-state index is 13.3. The number of aliphatic imine (C=N–C) groups is 1. The molecule has 1 rings (SSSR count). The zero-order chi connectivity index (χ0) is 28.8. The van der Waals surface area contributed by atoms with E-state index in [1.807, 2.05) is 6.92 Å². The molecule has 3 atom stereocenters. The van der Waals surface area contributed by atoms with Crippen molar-refractivity contribution in [3.8, 4) is 0 Å². The lowest BCUT2D eigenvalue weighted by Gasteiger charge is -2.25. The largest absolute Gasteiger partial charge is 0.480 e. The standard InChI is InChI=1S/C25H40N8O5/c1-4-5-7-18(22(35)32-19(24(37)38)8-6-13-30-25(28)29)31-21(34)17(23(36)33(2)3)14-15-9-11-16(12-10-15)20(26)27/h9-12,17-19H,4-8,13-14H2,1-3H3,(H3,26,27)(H,31,34)(H,32,35)(H,37,38)(H4,28,29,30)/t17-,18-,19?/m0/s1. The fourth-order valence-electron chi connectivity index (χ4n) is 3.64. The smallest absolute Gasteiger partial charge is 0.326 e. The Hall–Kier alpha value is -4.16. The van der Waals surface area contributed by atoms with Gasteiger partial charge in [0, 0.05) is 26.2 Å². The summed E-state index contributed by atoms with van der Waals surface area (Å²) < 4.78 is 0. The Bertz CT molecular complexity index is 1010. The van der Waals surface area contributed by atoms with Crippen molar-refractivity contribution in [3.05, 3.63) is 35.4 Å². The van der Waals surface area contributed by atoms with Crippen molar-refractivity contribution in [1.29, 1.82) is 5.41 Å². The third-order valence-electron chi connectivity index (χ3n) is 5.80. The van der Waals surface area contributed by atoms with Gasteiger partial charge in [-0.3, -0.25) is 24.8 Å². The van der Waals surface area contributed by atoms with E-state index in [0.717, 1.165) is 6.42 Å². The summed E-state index contributed by atoms with van der Waals surface area (Å²) >= 11 is 0. The van der Waals surface area contributed by atoms with E-state index >= 15 is 0 Å². The normalized spacial score (nSPS) is 12.9. The molecule has 0 spiro atoms. The number of hydrogen-bond donors (Lipinski definition) is 7. The highest BCUT2D eigenvalue weighted by molar-refractivity contribution is 6.02. The van der Waals surface area contributed by atoms with E-state index < -0.39 is 41.7 Å². The molecule has 13 heteroatoms. The van der Waals surface area contributed by atoms with Gasteiger partial charge in [0.25, 0.3) is 0 Å². The van der Waals surface area contributed by atoms with E-state index in [-0.39, 0.29) is 37.6 Å². The number of amides is 3. The first kappa shape index (κ1) is 31.9. The highest BCUT2D eigenvalue weighted by Gasteiger charge is 2.32. The number of carboxylic acid groups (broad SMARTS) is 1. The third-order valence-corrected chi connectivity index (χ3v) is 5.80. The van der Waals surface area contributed by atoms with Gasteiger partial charge in [0.05, 0.1) is 0 Å². The van der Waals surface area contributed by atoms with Gasteiger partial charge in [0.15, 0.2) is 5.96 Å². The molecule has 0 aromatic heterocycles. The van der Waals surface area contributed by atoms with Gasteiger partial charge in [-0.05, 0) is 31.2 Å². The topological polar surface area (TPSA) is 230 Å². The van der Waals surface area contributed by atoms with Crippen LogP contribution >= 0.6 is 0 Å². The molecule has 210 valence electrons. The maximum atomic E-state index is 13.3. The molecular weight excluding hydrogens is 492 g/mol. The van der Waals surface area contributed by atoms with Gasteiger partial charge >= 0.3 is 5.97 Å². The van der Waals surface area contributed by atoms with Crippen molar-refractivity contribution in [1.82, 2.24) is 15.5 Å². The van der Waals surface area contributed by atoms with Crippen LogP contribution in [0.1, 0.15) is 50.2 Å². The minimum absolute atomic E-state index is 0.0612. The van der Waals surface area contributed by atoms with Crippen LogP contribution in [-0.4, -0.2) is 78.2 Å². The predicted molar refractivity (Wildman–Crippen MR) is 144 cm³/mol. The number of nitrogens with one attached hydrogen (secondary N) is 3. The Balaban J connectivity index is 3.05. The van der Waals surface area contributed by atoms with Crippen LogP contribution in [0.3, 0.4) is 0 Å². The van der Waals surface area contributed by atoms with Gasteiger partial charge in [-0.25, -0.2) is 4.79 Å². The number of carboxylic acids is 1. The number of benzene rings is 1. The number of nitrogens with zero attached hydrogens (tertiary/aromatic N) is 2. The van der Waals surface area contributed by atoms with E-state index in [0.29, 0.717) is 24.0 Å². The molecule has 3 amide bonds. The lowest BCUT2D eigenvalue weighted by Crippen LogP contribution is -2.54. The first-order valence-electron chi connectivity index (χ1n) is 12.4. The first-order valence-corrected chi connectivity index (χ1v) is 12.4. The summed E-state index contributed by atoms with van der Waals surface area (Å²) in [5.41, 5.74) is 17.2. The molecule has 0 aliphatic heterocycles. The molecule has 1 aromatic carbocycles. The summed E-state index contributed by atoms with van der Waals surface area (Å²) in [5, 5.41) is 22.2. The average molecular weight is 533 g/mol. The number of unbranched alkanes of at least 4 members (excludes halogenated alkanes) is 1. The second-order valence-corrected chi connectivity index (χ2v) is 9.15. The quantitative estimate of drug-likeness (QED) is 0.0634. The number of nitrogens with two attached hydrogens (primary N) is 3. The molecule has 0 bridgehead atoms. The average Bonchev–Trinajstić information content (AvgIpc) is 2.85. The Kier molecular flexibility index (Phi) is 13.3. The number of nitrogen functional groups attached to an aromatic ring is 1. The summed E-state index contributed by atoms with van der Waals surface area (Å²) in [6.45, 7) is 2.13. The molecule has 1 unspecified atom stereocenters. The van der Waals surface area contributed by atoms with Crippen LogP contribution in [0, 0.1) is 11.3 Å². The van der Waals surface area contributed by atoms with Crippen molar-refractivity contribution < 1.29 is 24.3 Å². The summed E-state index contributed by atoms with van der Waals surface area (Å²) in [6, 6.07) is 4.39. The van der Waals surface area contributed by atoms with E-state index in [9.17, 15) is 24.3 Å². The lowest BCUT2D eigenvalue weighted by molar-refractivity contribution is -0.143. The fourth-order valence-corrected chi connectivity index (χ4v) is 3.64. The number of carbonyl (C=O) groups excluding carboxylic acids is 3. The molecule has 0 heterocycles. The van der Waals surface area contributed by atoms with Gasteiger partial charge in [-0.2, -0.15) is 0 Å². The van der Waals surface area contributed by atoms with Crippen LogP contribution in [-0.2, 0) is 25.6 Å². The van der Waals surface area contributed by atoms with Gasteiger partial charge in [0.1, 0.15) is 23.8 Å². The van der Waals surface area contributed by atoms with E-state index in [1.165, 1.54) is 19.0 Å². The van der Waals surface area contributed by atoms with E-state index in [4.69, 9.17) is 22.6 Å². The van der Waals surface area contributed by atoms with Crippen LogP contribution in [0.25, 0.3) is 0 Å². The minimum Gasteiger partial charge on any atom is -0.480 e. The number of hydrogen-bond acceptors (Lipinski definition) is 6. The molecule has 0 aliphatic rings. The Morgan fingerprint density at radius 1 is 0.974 bits per heavy atom. The van der Waals surface area contributed by atoms with Crippen LogP contribution < -0.4 is 27.8 Å². The summed E-state index contributed by atoms with van der Waals surface area (Å²) in [5.74, 6) is -4.30. The zero-order valence-corrected chi connectivity index (χ0v) is 22.2. The summed E-state index contributed by atoms with van der Waals surface area (Å²) in [4.78, 5) is 56.0. The van der Waals surface area contributed by atoms with Gasteiger partial charge in [-0.15, -0.1) is 0 Å². The number of guanidine groups is 1.